The molecule has 2 N–H and O–H groups in total. The van der Waals surface area contributed by atoms with Crippen LogP contribution in [0, 0.1) is 52.3 Å². The highest BCUT2D eigenvalue weighted by Crippen LogP contribution is 2.71. The molecule has 12 atom stereocenters. The second kappa shape index (κ2) is 7.59. The van der Waals surface area contributed by atoms with Crippen LogP contribution in [-0.2, 0) is 14.2 Å². The molecule has 0 aromatic rings. The maximum Gasteiger partial charge on any atom is 0.404 e. The van der Waals surface area contributed by atoms with Gasteiger partial charge in [-0.3, -0.25) is 0 Å². The van der Waals surface area contributed by atoms with Gasteiger partial charge in [0.25, 0.3) is 0 Å². The quantitative estimate of drug-likeness (QED) is 0.530. The summed E-state index contributed by atoms with van der Waals surface area (Å²) in [6, 6.07) is 0. The molecule has 1 amide bonds. The van der Waals surface area contributed by atoms with Crippen molar-refractivity contribution in [3.05, 3.63) is 0 Å². The van der Waals surface area contributed by atoms with E-state index in [4.69, 9.17) is 19.9 Å². The minimum absolute atomic E-state index is 0.0282. The van der Waals surface area contributed by atoms with E-state index in [0.29, 0.717) is 40.6 Å². The van der Waals surface area contributed by atoms with E-state index in [1.165, 1.54) is 44.9 Å². The Kier molecular flexibility index (Phi) is 5.21. The molecule has 6 fully saturated rings. The normalized spacial score (nSPS) is 57.6. The predicted octanol–water partition coefficient (Wildman–Crippen LogP) is 5.90. The SMILES string of the molecule is C[C@H]1CCC2(OC1)OC1CC3C4CCC5C[C@@H](OC(N)=O)CC[C@]5(C)C4CC[C@]3(C)C1[C@@H]2C. The molecule has 7 unspecified atom stereocenters. The lowest BCUT2D eigenvalue weighted by atomic mass is 9.44. The average molecular weight is 460 g/mol. The van der Waals surface area contributed by atoms with Crippen molar-refractivity contribution < 1.29 is 19.0 Å². The van der Waals surface area contributed by atoms with Crippen LogP contribution in [0.5, 0.6) is 0 Å². The number of nitrogens with two attached hydrogens (primary N) is 1. The first-order valence-electron chi connectivity index (χ1n) is 13.9. The number of fused-ring (bicyclic) bond motifs is 7. The van der Waals surface area contributed by atoms with Gasteiger partial charge >= 0.3 is 6.09 Å². The Morgan fingerprint density at radius 1 is 0.939 bits per heavy atom. The molecule has 6 rings (SSSR count). The molecule has 2 saturated heterocycles. The summed E-state index contributed by atoms with van der Waals surface area (Å²) in [7, 11) is 0. The fourth-order valence-electron chi connectivity index (χ4n) is 10.5. The van der Waals surface area contributed by atoms with Crippen LogP contribution < -0.4 is 5.73 Å². The first kappa shape index (κ1) is 22.6. The molecule has 5 nitrogen and oxygen atoms in total. The molecule has 2 aliphatic heterocycles. The van der Waals surface area contributed by atoms with Gasteiger partial charge in [0, 0.05) is 12.3 Å². The van der Waals surface area contributed by atoms with Crippen LogP contribution in [0.2, 0.25) is 0 Å². The van der Waals surface area contributed by atoms with Crippen molar-refractivity contribution in [3.8, 4) is 0 Å². The third kappa shape index (κ3) is 3.20. The molecule has 1 spiro atoms. The molecule has 0 radical (unpaired) electrons. The molecule has 186 valence electrons. The lowest BCUT2D eigenvalue weighted by molar-refractivity contribution is -0.273. The average Bonchev–Trinajstić information content (AvgIpc) is 3.21. The van der Waals surface area contributed by atoms with Crippen LogP contribution in [0.15, 0.2) is 0 Å². The van der Waals surface area contributed by atoms with E-state index >= 15 is 0 Å². The van der Waals surface area contributed by atoms with Crippen molar-refractivity contribution in [2.75, 3.05) is 6.61 Å². The molecule has 0 aromatic carbocycles. The van der Waals surface area contributed by atoms with E-state index in [1.54, 1.807) is 0 Å². The van der Waals surface area contributed by atoms with Crippen LogP contribution in [0.3, 0.4) is 0 Å². The summed E-state index contributed by atoms with van der Waals surface area (Å²) in [5.74, 6) is 4.56. The first-order valence-corrected chi connectivity index (χ1v) is 13.9. The Bertz CT molecular complexity index is 793. The summed E-state index contributed by atoms with van der Waals surface area (Å²) in [6.45, 7) is 10.8. The van der Waals surface area contributed by atoms with E-state index in [0.717, 1.165) is 43.6 Å². The lowest BCUT2D eigenvalue weighted by Crippen LogP contribution is -2.55. The molecule has 33 heavy (non-hydrogen) atoms. The van der Waals surface area contributed by atoms with Crippen LogP contribution in [-0.4, -0.2) is 30.7 Å². The molecular formula is C28H45NO4. The number of hydrogen-bond donors (Lipinski definition) is 1. The van der Waals surface area contributed by atoms with Crippen LogP contribution >= 0.6 is 0 Å². The Morgan fingerprint density at radius 3 is 2.45 bits per heavy atom. The third-order valence-corrected chi connectivity index (χ3v) is 12.2. The molecule has 4 aliphatic carbocycles. The van der Waals surface area contributed by atoms with Crippen molar-refractivity contribution in [1.82, 2.24) is 0 Å². The van der Waals surface area contributed by atoms with Gasteiger partial charge in [-0.2, -0.15) is 0 Å². The Morgan fingerprint density at radius 2 is 1.73 bits per heavy atom. The largest absolute Gasteiger partial charge is 0.446 e. The molecule has 0 aromatic heterocycles. The summed E-state index contributed by atoms with van der Waals surface area (Å²) in [5.41, 5.74) is 6.11. The maximum absolute atomic E-state index is 11.3. The fraction of sp³-hybridized carbons (Fsp3) is 0.964. The number of ether oxygens (including phenoxy) is 3. The summed E-state index contributed by atoms with van der Waals surface area (Å²) < 4.78 is 18.8. The second-order valence-corrected chi connectivity index (χ2v) is 13.5. The van der Waals surface area contributed by atoms with E-state index < -0.39 is 6.09 Å². The van der Waals surface area contributed by atoms with Gasteiger partial charge in [0.05, 0.1) is 12.7 Å². The predicted molar refractivity (Wildman–Crippen MR) is 126 cm³/mol. The van der Waals surface area contributed by atoms with E-state index in [1.807, 2.05) is 0 Å². The lowest BCUT2D eigenvalue weighted by Gasteiger charge is -2.61. The van der Waals surface area contributed by atoms with Crippen molar-refractivity contribution in [1.29, 1.82) is 0 Å². The van der Waals surface area contributed by atoms with Crippen LogP contribution in [0.1, 0.15) is 91.9 Å². The Labute approximate surface area is 199 Å². The third-order valence-electron chi connectivity index (χ3n) is 12.2. The van der Waals surface area contributed by atoms with Gasteiger partial charge in [0.15, 0.2) is 5.79 Å². The van der Waals surface area contributed by atoms with E-state index in [2.05, 4.69) is 27.7 Å². The minimum atomic E-state index is -0.605. The standard InChI is InChI=1S/C28H45NO4/c1-16-7-12-28(31-15-16)17(2)24-23(33-28)14-22-20-6-5-18-13-19(32-25(29)30)8-10-26(18,3)21(20)9-11-27(22,24)4/h16-24H,5-15H2,1-4H3,(H2,29,30)/t16-,17-,18?,19-,20?,21?,22?,23?,24?,26-,27-,28?/m0/s1. The summed E-state index contributed by atoms with van der Waals surface area (Å²) in [5, 5.41) is 0. The van der Waals surface area contributed by atoms with Gasteiger partial charge in [0.2, 0.25) is 0 Å². The highest BCUT2D eigenvalue weighted by molar-refractivity contribution is 5.64. The van der Waals surface area contributed by atoms with Crippen molar-refractivity contribution in [2.45, 2.75) is 110 Å². The van der Waals surface area contributed by atoms with Gasteiger partial charge in [-0.1, -0.05) is 27.7 Å². The zero-order valence-corrected chi connectivity index (χ0v) is 21.2. The molecule has 2 heterocycles. The number of carbonyl (C=O) groups excluding carboxylic acids is 1. The minimum Gasteiger partial charge on any atom is -0.446 e. The molecule has 0 bridgehead atoms. The van der Waals surface area contributed by atoms with Gasteiger partial charge in [-0.05, 0) is 104 Å². The number of amides is 1. The second-order valence-electron chi connectivity index (χ2n) is 13.5. The zero-order valence-electron chi connectivity index (χ0n) is 21.2. The van der Waals surface area contributed by atoms with Gasteiger partial charge in [0.1, 0.15) is 6.10 Å². The van der Waals surface area contributed by atoms with Gasteiger partial charge in [-0.15, -0.1) is 0 Å². The zero-order chi connectivity index (χ0) is 23.2. The maximum atomic E-state index is 11.3. The first-order chi connectivity index (χ1) is 15.7. The fourth-order valence-corrected chi connectivity index (χ4v) is 10.5. The van der Waals surface area contributed by atoms with Crippen molar-refractivity contribution >= 4 is 6.09 Å². The summed E-state index contributed by atoms with van der Waals surface area (Å²) in [4.78, 5) is 11.3. The molecular weight excluding hydrogens is 414 g/mol. The number of rotatable bonds is 1. The highest BCUT2D eigenvalue weighted by Gasteiger charge is 2.69. The topological polar surface area (TPSA) is 70.8 Å². The van der Waals surface area contributed by atoms with Crippen molar-refractivity contribution in [3.63, 3.8) is 0 Å². The number of hydrogen-bond acceptors (Lipinski definition) is 4. The number of primary amides is 1. The van der Waals surface area contributed by atoms with Crippen molar-refractivity contribution in [2.24, 2.45) is 58.0 Å². The monoisotopic (exact) mass is 459 g/mol. The van der Waals surface area contributed by atoms with Gasteiger partial charge < -0.3 is 19.9 Å². The molecule has 5 heteroatoms. The van der Waals surface area contributed by atoms with E-state index in [9.17, 15) is 4.79 Å². The Balaban J connectivity index is 1.21. The van der Waals surface area contributed by atoms with Crippen LogP contribution in [0.25, 0.3) is 0 Å². The molecule has 6 aliphatic rings. The Hall–Kier alpha value is -0.810. The van der Waals surface area contributed by atoms with E-state index in [-0.39, 0.29) is 11.9 Å². The van der Waals surface area contributed by atoms with Gasteiger partial charge in [-0.25, -0.2) is 4.79 Å². The number of carbonyl (C=O) groups is 1. The highest BCUT2D eigenvalue weighted by atomic mass is 16.7. The van der Waals surface area contributed by atoms with Crippen LogP contribution in [0.4, 0.5) is 4.79 Å². The summed E-state index contributed by atoms with van der Waals surface area (Å²) >= 11 is 0. The smallest absolute Gasteiger partial charge is 0.404 e. The summed E-state index contributed by atoms with van der Waals surface area (Å²) in [6.07, 6.45) is 11.8. The molecule has 4 saturated carbocycles.